The van der Waals surface area contributed by atoms with E-state index in [0.29, 0.717) is 16.4 Å². The third-order valence-electron chi connectivity index (χ3n) is 4.24. The van der Waals surface area contributed by atoms with Gasteiger partial charge in [-0.25, -0.2) is 0 Å². The molecule has 0 aliphatic carbocycles. The Morgan fingerprint density at radius 3 is 2.38 bits per heavy atom. The van der Waals surface area contributed by atoms with Crippen molar-refractivity contribution in [3.8, 4) is 5.75 Å². The Morgan fingerprint density at radius 1 is 1.25 bits per heavy atom. The number of benzene rings is 1. The first-order valence-electron chi connectivity index (χ1n) is 7.99. The first-order valence-corrected chi connectivity index (χ1v) is 8.36. The van der Waals surface area contributed by atoms with Crippen LogP contribution in [0, 0.1) is 20.8 Å². The molecule has 0 saturated heterocycles. The maximum Gasteiger partial charge on any atom is 0.248 e. The number of hydrogen-bond donors (Lipinski definition) is 2. The fourth-order valence-electron chi connectivity index (χ4n) is 2.67. The number of halogens is 1. The van der Waals surface area contributed by atoms with Crippen LogP contribution < -0.4 is 5.32 Å². The van der Waals surface area contributed by atoms with E-state index in [4.69, 9.17) is 11.6 Å². The van der Waals surface area contributed by atoms with Gasteiger partial charge in [0.25, 0.3) is 0 Å². The van der Waals surface area contributed by atoms with Crippen molar-refractivity contribution in [3.63, 3.8) is 0 Å². The largest absolute Gasteiger partial charge is 0.508 e. The fraction of sp³-hybridized carbons (Fsp3) is 0.444. The number of carbonyl (C=O) groups is 1. The molecule has 2 N–H and O–H groups in total. The van der Waals surface area contributed by atoms with Gasteiger partial charge < -0.3 is 10.4 Å². The van der Waals surface area contributed by atoms with Gasteiger partial charge in [0.1, 0.15) is 11.8 Å². The van der Waals surface area contributed by atoms with Gasteiger partial charge in [-0.15, -0.1) is 0 Å². The molecule has 2 rings (SSSR count). The molecule has 0 saturated carbocycles. The average Bonchev–Trinajstić information content (AvgIpc) is 2.76. The fourth-order valence-corrected chi connectivity index (χ4v) is 2.80. The highest BCUT2D eigenvalue weighted by Crippen LogP contribution is 2.31. The Bertz CT molecular complexity index is 781. The van der Waals surface area contributed by atoms with Gasteiger partial charge in [0.15, 0.2) is 0 Å². The number of anilines is 1. The van der Waals surface area contributed by atoms with Crippen molar-refractivity contribution < 1.29 is 9.90 Å². The van der Waals surface area contributed by atoms with Crippen molar-refractivity contribution in [1.29, 1.82) is 0 Å². The standard InChI is InChI=1S/C18H24ClN3O2/c1-9(2)14-8-15(10(3)7-16(14)23)20-18(24)13(6)22-12(5)17(19)11(4)21-22/h7-9,13,23H,1-6H3,(H,20,24). The molecule has 0 aliphatic heterocycles. The zero-order chi connectivity index (χ0) is 18.2. The lowest BCUT2D eigenvalue weighted by molar-refractivity contribution is -0.119. The third kappa shape index (κ3) is 3.41. The van der Waals surface area contributed by atoms with Gasteiger partial charge in [0.2, 0.25) is 5.91 Å². The van der Waals surface area contributed by atoms with E-state index in [1.807, 2.05) is 40.7 Å². The minimum atomic E-state index is -0.494. The van der Waals surface area contributed by atoms with Gasteiger partial charge >= 0.3 is 0 Å². The summed E-state index contributed by atoms with van der Waals surface area (Å²) >= 11 is 6.16. The highest BCUT2D eigenvalue weighted by atomic mass is 35.5. The molecular formula is C18H24ClN3O2. The van der Waals surface area contributed by atoms with Gasteiger partial charge in [-0.3, -0.25) is 9.48 Å². The van der Waals surface area contributed by atoms with Crippen LogP contribution in [0.5, 0.6) is 5.75 Å². The molecule has 1 heterocycles. The van der Waals surface area contributed by atoms with Crippen molar-refractivity contribution in [1.82, 2.24) is 9.78 Å². The molecule has 1 atom stereocenters. The van der Waals surface area contributed by atoms with E-state index in [1.165, 1.54) is 0 Å². The molecule has 0 fully saturated rings. The average molecular weight is 350 g/mol. The summed E-state index contributed by atoms with van der Waals surface area (Å²) in [5.41, 5.74) is 3.78. The first-order chi connectivity index (χ1) is 11.1. The minimum Gasteiger partial charge on any atom is -0.508 e. The molecule has 0 aliphatic rings. The third-order valence-corrected chi connectivity index (χ3v) is 4.78. The lowest BCUT2D eigenvalue weighted by Gasteiger charge is -2.18. The van der Waals surface area contributed by atoms with Crippen molar-refractivity contribution in [2.24, 2.45) is 0 Å². The maximum absolute atomic E-state index is 12.6. The van der Waals surface area contributed by atoms with Gasteiger partial charge in [-0.2, -0.15) is 5.10 Å². The van der Waals surface area contributed by atoms with E-state index in [1.54, 1.807) is 17.7 Å². The van der Waals surface area contributed by atoms with Crippen LogP contribution in [0.3, 0.4) is 0 Å². The van der Waals surface area contributed by atoms with Crippen molar-refractivity contribution in [3.05, 3.63) is 39.7 Å². The van der Waals surface area contributed by atoms with Crippen molar-refractivity contribution in [2.75, 3.05) is 5.32 Å². The van der Waals surface area contributed by atoms with E-state index in [0.717, 1.165) is 16.8 Å². The predicted octanol–water partition coefficient (Wildman–Crippen LogP) is 4.49. The quantitative estimate of drug-likeness (QED) is 0.799. The number of aryl methyl sites for hydroxylation is 2. The number of aromatic nitrogens is 2. The molecule has 130 valence electrons. The first kappa shape index (κ1) is 18.3. The summed E-state index contributed by atoms with van der Waals surface area (Å²) in [6.45, 7) is 11.3. The summed E-state index contributed by atoms with van der Waals surface area (Å²) in [5.74, 6) is 0.230. The number of rotatable bonds is 4. The van der Waals surface area contributed by atoms with E-state index in [9.17, 15) is 9.90 Å². The molecule has 1 amide bonds. The van der Waals surface area contributed by atoms with Gasteiger partial charge in [-0.05, 0) is 56.9 Å². The van der Waals surface area contributed by atoms with E-state index < -0.39 is 6.04 Å². The van der Waals surface area contributed by atoms with Crippen LogP contribution in [-0.4, -0.2) is 20.8 Å². The van der Waals surface area contributed by atoms with Gasteiger partial charge in [0.05, 0.1) is 16.4 Å². The summed E-state index contributed by atoms with van der Waals surface area (Å²) < 4.78 is 1.63. The summed E-state index contributed by atoms with van der Waals surface area (Å²) in [4.78, 5) is 12.6. The van der Waals surface area contributed by atoms with Crippen LogP contribution in [0.4, 0.5) is 5.69 Å². The number of phenols is 1. The molecule has 0 spiro atoms. The number of aromatic hydroxyl groups is 1. The number of hydrogen-bond acceptors (Lipinski definition) is 3. The number of phenolic OH excluding ortho intramolecular Hbond substituents is 1. The molecule has 24 heavy (non-hydrogen) atoms. The Balaban J connectivity index is 2.29. The highest BCUT2D eigenvalue weighted by molar-refractivity contribution is 6.31. The number of carbonyl (C=O) groups excluding carboxylic acids is 1. The lowest BCUT2D eigenvalue weighted by Crippen LogP contribution is -2.25. The zero-order valence-corrected chi connectivity index (χ0v) is 15.7. The zero-order valence-electron chi connectivity index (χ0n) is 14.9. The van der Waals surface area contributed by atoms with Gasteiger partial charge in [0, 0.05) is 5.69 Å². The van der Waals surface area contributed by atoms with Crippen LogP contribution in [-0.2, 0) is 4.79 Å². The van der Waals surface area contributed by atoms with Crippen LogP contribution in [0.2, 0.25) is 5.02 Å². The number of nitrogens with one attached hydrogen (secondary N) is 1. The molecule has 2 aromatic rings. The topological polar surface area (TPSA) is 67.2 Å². The van der Waals surface area contributed by atoms with Crippen LogP contribution in [0.1, 0.15) is 55.2 Å². The smallest absolute Gasteiger partial charge is 0.248 e. The minimum absolute atomic E-state index is 0.161. The Morgan fingerprint density at radius 2 is 1.88 bits per heavy atom. The molecule has 5 nitrogen and oxygen atoms in total. The second kappa shape index (κ2) is 6.85. The SMILES string of the molecule is Cc1cc(O)c(C(C)C)cc1NC(=O)C(C)n1nc(C)c(Cl)c1C. The van der Waals surface area contributed by atoms with E-state index >= 15 is 0 Å². The van der Waals surface area contributed by atoms with Crippen LogP contribution >= 0.6 is 11.6 Å². The van der Waals surface area contributed by atoms with E-state index in [-0.39, 0.29) is 17.6 Å². The summed E-state index contributed by atoms with van der Waals surface area (Å²) in [6, 6.07) is 3.01. The second-order valence-corrected chi connectivity index (χ2v) is 6.85. The summed E-state index contributed by atoms with van der Waals surface area (Å²) in [5, 5.41) is 17.9. The second-order valence-electron chi connectivity index (χ2n) is 6.48. The highest BCUT2D eigenvalue weighted by Gasteiger charge is 2.21. The molecular weight excluding hydrogens is 326 g/mol. The Labute approximate surface area is 147 Å². The monoisotopic (exact) mass is 349 g/mol. The summed E-state index contributed by atoms with van der Waals surface area (Å²) in [7, 11) is 0. The number of nitrogens with zero attached hydrogens (tertiary/aromatic N) is 2. The Kier molecular flexibility index (Phi) is 5.23. The summed E-state index contributed by atoms with van der Waals surface area (Å²) in [6.07, 6.45) is 0. The maximum atomic E-state index is 12.6. The molecule has 1 aromatic heterocycles. The lowest BCUT2D eigenvalue weighted by atomic mass is 9.99. The normalized spacial score (nSPS) is 12.5. The van der Waals surface area contributed by atoms with Crippen LogP contribution in [0.25, 0.3) is 0 Å². The molecule has 0 bridgehead atoms. The molecule has 1 aromatic carbocycles. The number of amides is 1. The van der Waals surface area contributed by atoms with Crippen molar-refractivity contribution >= 4 is 23.2 Å². The predicted molar refractivity (Wildman–Crippen MR) is 97.0 cm³/mol. The molecule has 0 radical (unpaired) electrons. The van der Waals surface area contributed by atoms with Crippen molar-refractivity contribution in [2.45, 2.75) is 53.5 Å². The molecule has 1 unspecified atom stereocenters. The molecule has 6 heteroatoms. The van der Waals surface area contributed by atoms with E-state index in [2.05, 4.69) is 10.4 Å². The van der Waals surface area contributed by atoms with Crippen LogP contribution in [0.15, 0.2) is 12.1 Å². The Hall–Kier alpha value is -2.01. The van der Waals surface area contributed by atoms with Gasteiger partial charge in [-0.1, -0.05) is 25.4 Å².